The molecule has 1 aliphatic carbocycles. The highest BCUT2D eigenvalue weighted by molar-refractivity contribution is 6.08. The number of phenolic OH excluding ortho intramolecular Hbond substituents is 1. The minimum absolute atomic E-state index is 0.169. The molecule has 4 rings (SSSR count). The van der Waals surface area contributed by atoms with Gasteiger partial charge >= 0.3 is 0 Å². The Labute approximate surface area is 178 Å². The summed E-state index contributed by atoms with van der Waals surface area (Å²) >= 11 is 0. The predicted molar refractivity (Wildman–Crippen MR) is 119 cm³/mol. The number of ether oxygens (including phenoxy) is 1. The van der Waals surface area contributed by atoms with Gasteiger partial charge < -0.3 is 9.84 Å². The van der Waals surface area contributed by atoms with Gasteiger partial charge in [0.05, 0.1) is 13.7 Å². The lowest BCUT2D eigenvalue weighted by molar-refractivity contribution is -0.131. The normalized spacial score (nSPS) is 17.6. The van der Waals surface area contributed by atoms with Gasteiger partial charge in [0.1, 0.15) is 22.9 Å². The maximum atomic E-state index is 13.3. The summed E-state index contributed by atoms with van der Waals surface area (Å²) in [4.78, 5) is 20.2. The average molecular weight is 407 g/mol. The van der Waals surface area contributed by atoms with E-state index in [1.807, 2.05) is 35.2 Å². The van der Waals surface area contributed by atoms with E-state index >= 15 is 0 Å². The average Bonchev–Trinajstić information content (AvgIpc) is 3.33. The summed E-state index contributed by atoms with van der Waals surface area (Å²) in [5, 5.41) is 9.81. The van der Waals surface area contributed by atoms with Crippen LogP contribution in [-0.4, -0.2) is 34.4 Å². The second-order valence-corrected chi connectivity index (χ2v) is 8.35. The molecule has 1 amide bonds. The number of carbonyl (C=O) groups is 1. The molecular weight excluding hydrogens is 376 g/mol. The van der Waals surface area contributed by atoms with Crippen molar-refractivity contribution in [1.29, 1.82) is 0 Å². The van der Waals surface area contributed by atoms with Crippen molar-refractivity contribution in [2.24, 2.45) is 4.99 Å². The van der Waals surface area contributed by atoms with Gasteiger partial charge in [-0.05, 0) is 48.6 Å². The zero-order valence-corrected chi connectivity index (χ0v) is 17.9. The smallest absolute Gasteiger partial charge is 0.256 e. The monoisotopic (exact) mass is 406 g/mol. The van der Waals surface area contributed by atoms with Crippen LogP contribution in [0, 0.1) is 0 Å². The number of amidine groups is 1. The molecule has 5 nitrogen and oxygen atoms in total. The fourth-order valence-electron chi connectivity index (χ4n) is 4.63. The first-order valence-corrected chi connectivity index (χ1v) is 10.9. The summed E-state index contributed by atoms with van der Waals surface area (Å²) in [6, 6.07) is 13.2. The quantitative estimate of drug-likeness (QED) is 0.678. The van der Waals surface area contributed by atoms with E-state index in [0.717, 1.165) is 73.2 Å². The Morgan fingerprint density at radius 3 is 2.67 bits per heavy atom. The second-order valence-electron chi connectivity index (χ2n) is 8.35. The van der Waals surface area contributed by atoms with E-state index in [2.05, 4.69) is 6.92 Å². The molecule has 0 unspecified atom stereocenters. The lowest BCUT2D eigenvalue weighted by Crippen LogP contribution is -2.40. The van der Waals surface area contributed by atoms with Gasteiger partial charge in [0, 0.05) is 12.0 Å². The van der Waals surface area contributed by atoms with Crippen LogP contribution < -0.4 is 4.74 Å². The molecule has 0 aromatic heterocycles. The molecule has 0 radical (unpaired) electrons. The number of rotatable bonds is 7. The molecule has 1 saturated carbocycles. The summed E-state index contributed by atoms with van der Waals surface area (Å²) in [6.07, 6.45) is 6.88. The number of aromatic hydroxyl groups is 1. The Bertz CT molecular complexity index is 961. The minimum atomic E-state index is -0.505. The highest BCUT2D eigenvalue weighted by Gasteiger charge is 2.49. The number of methoxy groups -OCH3 is 1. The third kappa shape index (κ3) is 3.81. The summed E-state index contributed by atoms with van der Waals surface area (Å²) in [7, 11) is 1.65. The first-order valence-electron chi connectivity index (χ1n) is 10.9. The van der Waals surface area contributed by atoms with E-state index in [1.54, 1.807) is 19.2 Å². The van der Waals surface area contributed by atoms with Gasteiger partial charge in [0.25, 0.3) is 5.91 Å². The Balaban J connectivity index is 1.61. The van der Waals surface area contributed by atoms with E-state index in [1.165, 1.54) is 0 Å². The number of amides is 1. The zero-order chi connectivity index (χ0) is 21.1. The van der Waals surface area contributed by atoms with E-state index in [-0.39, 0.29) is 11.7 Å². The van der Waals surface area contributed by atoms with Crippen molar-refractivity contribution >= 4 is 11.7 Å². The van der Waals surface area contributed by atoms with E-state index in [9.17, 15) is 9.90 Å². The molecule has 1 N–H and O–H groups in total. The Hall–Kier alpha value is -2.82. The summed E-state index contributed by atoms with van der Waals surface area (Å²) < 4.78 is 5.64. The third-order valence-electron chi connectivity index (χ3n) is 6.25. The molecule has 0 bridgehead atoms. The van der Waals surface area contributed by atoms with Crippen LogP contribution in [0.5, 0.6) is 11.5 Å². The largest absolute Gasteiger partial charge is 0.508 e. The molecule has 1 spiro atoms. The lowest BCUT2D eigenvalue weighted by atomic mass is 9.98. The van der Waals surface area contributed by atoms with Crippen molar-refractivity contribution in [3.63, 3.8) is 0 Å². The molecule has 1 fully saturated rings. The van der Waals surface area contributed by atoms with Crippen molar-refractivity contribution in [2.45, 2.75) is 64.0 Å². The van der Waals surface area contributed by atoms with E-state index < -0.39 is 5.54 Å². The van der Waals surface area contributed by atoms with Crippen molar-refractivity contribution < 1.29 is 14.6 Å². The van der Waals surface area contributed by atoms with Crippen molar-refractivity contribution in [3.8, 4) is 22.6 Å². The van der Waals surface area contributed by atoms with Crippen LogP contribution in [0.2, 0.25) is 0 Å². The number of unbranched alkanes of at least 4 members (excludes halogenated alkanes) is 1. The number of nitrogens with zero attached hydrogens (tertiary/aromatic N) is 2. The fraction of sp³-hybridized carbons (Fsp3) is 0.440. The topological polar surface area (TPSA) is 62.1 Å². The standard InChI is InChI=1S/C25H30N2O3/c1-3-4-10-23-26-25(13-5-6-14-25)24(29)27(23)17-18-11-12-21(22(15-18)30-2)19-8-7-9-20(28)16-19/h7-9,11-12,15-16,28H,3-6,10,13-14,17H2,1-2H3. The highest BCUT2D eigenvalue weighted by Crippen LogP contribution is 2.40. The van der Waals surface area contributed by atoms with Crippen LogP contribution in [0.1, 0.15) is 57.4 Å². The van der Waals surface area contributed by atoms with Gasteiger partial charge in [-0.1, -0.05) is 50.5 Å². The van der Waals surface area contributed by atoms with Gasteiger partial charge in [0.15, 0.2) is 0 Å². The molecule has 158 valence electrons. The number of hydrogen-bond acceptors (Lipinski definition) is 4. The summed E-state index contributed by atoms with van der Waals surface area (Å²) in [6.45, 7) is 2.68. The Morgan fingerprint density at radius 1 is 1.17 bits per heavy atom. The fourth-order valence-corrected chi connectivity index (χ4v) is 4.63. The van der Waals surface area contributed by atoms with Gasteiger partial charge in [-0.15, -0.1) is 0 Å². The number of aliphatic imine (C=N–C) groups is 1. The number of hydrogen-bond donors (Lipinski definition) is 1. The van der Waals surface area contributed by atoms with Gasteiger partial charge in [-0.25, -0.2) is 0 Å². The number of benzene rings is 2. The van der Waals surface area contributed by atoms with Crippen LogP contribution in [0.4, 0.5) is 0 Å². The molecule has 5 heteroatoms. The molecule has 0 atom stereocenters. The maximum Gasteiger partial charge on any atom is 0.256 e. The SMILES string of the molecule is CCCCC1=NC2(CCCC2)C(=O)N1Cc1ccc(-c2cccc(O)c2)c(OC)c1. The van der Waals surface area contributed by atoms with Gasteiger partial charge in [-0.2, -0.15) is 0 Å². The molecule has 2 aromatic carbocycles. The third-order valence-corrected chi connectivity index (χ3v) is 6.25. The van der Waals surface area contributed by atoms with Gasteiger partial charge in [-0.3, -0.25) is 14.7 Å². The lowest BCUT2D eigenvalue weighted by Gasteiger charge is -2.23. The summed E-state index contributed by atoms with van der Waals surface area (Å²) in [5.41, 5.74) is 2.32. The molecule has 30 heavy (non-hydrogen) atoms. The van der Waals surface area contributed by atoms with Crippen LogP contribution in [0.15, 0.2) is 47.5 Å². The minimum Gasteiger partial charge on any atom is -0.508 e. The van der Waals surface area contributed by atoms with Crippen LogP contribution >= 0.6 is 0 Å². The molecule has 1 heterocycles. The van der Waals surface area contributed by atoms with Crippen LogP contribution in [0.3, 0.4) is 0 Å². The number of carbonyl (C=O) groups excluding carboxylic acids is 1. The van der Waals surface area contributed by atoms with Crippen molar-refractivity contribution in [3.05, 3.63) is 48.0 Å². The number of phenols is 1. The van der Waals surface area contributed by atoms with Crippen LogP contribution in [0.25, 0.3) is 11.1 Å². The zero-order valence-electron chi connectivity index (χ0n) is 17.9. The first-order chi connectivity index (χ1) is 14.6. The molecular formula is C25H30N2O3. The summed E-state index contributed by atoms with van der Waals surface area (Å²) in [5.74, 6) is 2.06. The highest BCUT2D eigenvalue weighted by atomic mass is 16.5. The van der Waals surface area contributed by atoms with Crippen molar-refractivity contribution in [2.75, 3.05) is 7.11 Å². The maximum absolute atomic E-state index is 13.3. The van der Waals surface area contributed by atoms with Crippen molar-refractivity contribution in [1.82, 2.24) is 4.90 Å². The molecule has 2 aromatic rings. The first kappa shape index (κ1) is 20.5. The predicted octanol–water partition coefficient (Wildman–Crippen LogP) is 5.31. The molecule has 0 saturated heterocycles. The van der Waals surface area contributed by atoms with Crippen LogP contribution in [-0.2, 0) is 11.3 Å². The molecule has 2 aliphatic rings. The van der Waals surface area contributed by atoms with E-state index in [0.29, 0.717) is 6.54 Å². The molecule has 1 aliphatic heterocycles. The van der Waals surface area contributed by atoms with E-state index in [4.69, 9.17) is 9.73 Å². The Kier molecular flexibility index (Phi) is 5.80. The van der Waals surface area contributed by atoms with Gasteiger partial charge in [0.2, 0.25) is 0 Å². The Morgan fingerprint density at radius 2 is 1.97 bits per heavy atom. The second kappa shape index (κ2) is 8.50.